The van der Waals surface area contributed by atoms with Gasteiger partial charge in [0, 0.05) is 11.1 Å². The average molecular weight is 316 g/mol. The molecule has 0 aliphatic heterocycles. The van der Waals surface area contributed by atoms with Crippen LogP contribution in [0.5, 0.6) is 0 Å². The van der Waals surface area contributed by atoms with Gasteiger partial charge in [-0.05, 0) is 20.3 Å². The monoisotopic (exact) mass is 316 g/mol. The molecule has 1 aromatic rings. The molecule has 0 N–H and O–H groups in total. The molecule has 1 aromatic carbocycles. The predicted molar refractivity (Wildman–Crippen MR) is 83.7 cm³/mol. The summed E-state index contributed by atoms with van der Waals surface area (Å²) in [5.41, 5.74) is 0.797. The molecular weight excluding hydrogens is 296 g/mol. The summed E-state index contributed by atoms with van der Waals surface area (Å²) in [7, 11) is 0. The second-order valence-corrected chi connectivity index (χ2v) is 5.18. The number of hydrogen-bond donors (Lipinski definition) is 0. The second kappa shape index (κ2) is 7.72. The summed E-state index contributed by atoms with van der Waals surface area (Å²) in [4.78, 5) is 37.0. The van der Waals surface area contributed by atoms with Crippen LogP contribution in [0.15, 0.2) is 42.0 Å². The van der Waals surface area contributed by atoms with Crippen LogP contribution in [0.4, 0.5) is 0 Å². The van der Waals surface area contributed by atoms with E-state index in [9.17, 15) is 14.4 Å². The van der Waals surface area contributed by atoms with Crippen molar-refractivity contribution in [3.8, 4) is 0 Å². The summed E-state index contributed by atoms with van der Waals surface area (Å²) in [5, 5.41) is 0. The minimum Gasteiger partial charge on any atom is -0.466 e. The molecule has 0 saturated carbocycles. The first kappa shape index (κ1) is 16.9. The molecule has 122 valence electrons. The first-order valence-electron chi connectivity index (χ1n) is 7.73. The van der Waals surface area contributed by atoms with E-state index in [4.69, 9.17) is 9.47 Å². The summed E-state index contributed by atoms with van der Waals surface area (Å²) in [5.74, 6) is -2.88. The molecule has 1 aliphatic carbocycles. The van der Waals surface area contributed by atoms with E-state index in [1.807, 2.05) is 6.07 Å². The molecule has 0 spiro atoms. The van der Waals surface area contributed by atoms with Gasteiger partial charge in [0.15, 0.2) is 5.78 Å². The van der Waals surface area contributed by atoms with Crippen LogP contribution in [0.25, 0.3) is 0 Å². The molecule has 5 nitrogen and oxygen atoms in total. The first-order valence-corrected chi connectivity index (χ1v) is 7.73. The lowest BCUT2D eigenvalue weighted by Crippen LogP contribution is -2.32. The zero-order chi connectivity index (χ0) is 16.8. The Bertz CT molecular complexity index is 618. The summed E-state index contributed by atoms with van der Waals surface area (Å²) in [6, 6.07) is 8.69. The van der Waals surface area contributed by atoms with Gasteiger partial charge in [-0.1, -0.05) is 36.4 Å². The van der Waals surface area contributed by atoms with Gasteiger partial charge < -0.3 is 9.47 Å². The van der Waals surface area contributed by atoms with Crippen molar-refractivity contribution in [2.45, 2.75) is 20.3 Å². The SMILES string of the molecule is CCOC(=O)[C@@H]1C(C(=O)c2ccccc2)=CC[C@@H]1C(=O)OCC. The Kier molecular flexibility index (Phi) is 5.68. The Morgan fingerprint density at radius 3 is 2.22 bits per heavy atom. The van der Waals surface area contributed by atoms with Crippen LogP contribution in [0.2, 0.25) is 0 Å². The van der Waals surface area contributed by atoms with Crippen molar-refractivity contribution in [1.82, 2.24) is 0 Å². The lowest BCUT2D eigenvalue weighted by molar-refractivity contribution is -0.157. The summed E-state index contributed by atoms with van der Waals surface area (Å²) >= 11 is 0. The number of Topliss-reactive ketones (excluding diaryl/α,β-unsaturated/α-hetero) is 1. The topological polar surface area (TPSA) is 69.7 Å². The Labute approximate surface area is 135 Å². The van der Waals surface area contributed by atoms with Gasteiger partial charge in [0.05, 0.1) is 25.0 Å². The van der Waals surface area contributed by atoms with E-state index < -0.39 is 23.8 Å². The fourth-order valence-electron chi connectivity index (χ4n) is 2.73. The Morgan fingerprint density at radius 1 is 1.00 bits per heavy atom. The predicted octanol–water partition coefficient (Wildman–Crippen LogP) is 2.56. The summed E-state index contributed by atoms with van der Waals surface area (Å²) in [6.07, 6.45) is 1.95. The molecule has 0 saturated heterocycles. The number of hydrogen-bond acceptors (Lipinski definition) is 5. The zero-order valence-electron chi connectivity index (χ0n) is 13.3. The second-order valence-electron chi connectivity index (χ2n) is 5.18. The number of ketones is 1. The van der Waals surface area contributed by atoms with Crippen LogP contribution in [-0.4, -0.2) is 30.9 Å². The first-order chi connectivity index (χ1) is 11.1. The Morgan fingerprint density at radius 2 is 1.61 bits per heavy atom. The molecule has 1 aliphatic rings. The van der Waals surface area contributed by atoms with Crippen LogP contribution in [-0.2, 0) is 19.1 Å². The minimum atomic E-state index is -0.901. The van der Waals surface area contributed by atoms with Crippen LogP contribution in [0.3, 0.4) is 0 Å². The maximum Gasteiger partial charge on any atom is 0.314 e. The van der Waals surface area contributed by atoms with E-state index in [0.29, 0.717) is 17.6 Å². The average Bonchev–Trinajstić information content (AvgIpc) is 3.00. The van der Waals surface area contributed by atoms with Gasteiger partial charge in [-0.2, -0.15) is 0 Å². The number of rotatable bonds is 6. The van der Waals surface area contributed by atoms with E-state index in [0.717, 1.165) is 0 Å². The quantitative estimate of drug-likeness (QED) is 0.596. The molecule has 23 heavy (non-hydrogen) atoms. The van der Waals surface area contributed by atoms with E-state index in [2.05, 4.69) is 0 Å². The van der Waals surface area contributed by atoms with Crippen molar-refractivity contribution >= 4 is 17.7 Å². The Balaban J connectivity index is 2.29. The van der Waals surface area contributed by atoms with E-state index in [-0.39, 0.29) is 19.0 Å². The van der Waals surface area contributed by atoms with Crippen LogP contribution in [0.1, 0.15) is 30.6 Å². The van der Waals surface area contributed by atoms with Gasteiger partial charge in [-0.3, -0.25) is 14.4 Å². The van der Waals surface area contributed by atoms with E-state index >= 15 is 0 Å². The molecule has 0 unspecified atom stereocenters. The molecule has 0 radical (unpaired) electrons. The molecule has 0 fully saturated rings. The number of allylic oxidation sites excluding steroid dienone is 1. The fourth-order valence-corrected chi connectivity index (χ4v) is 2.73. The van der Waals surface area contributed by atoms with Crippen molar-refractivity contribution in [3.63, 3.8) is 0 Å². The number of carbonyl (C=O) groups excluding carboxylic acids is 3. The molecule has 2 rings (SSSR count). The van der Waals surface area contributed by atoms with Gasteiger partial charge in [0.2, 0.25) is 0 Å². The lowest BCUT2D eigenvalue weighted by Gasteiger charge is -2.19. The van der Waals surface area contributed by atoms with Crippen molar-refractivity contribution < 1.29 is 23.9 Å². The maximum absolute atomic E-state index is 12.7. The van der Waals surface area contributed by atoms with Crippen molar-refractivity contribution in [2.75, 3.05) is 13.2 Å². The van der Waals surface area contributed by atoms with Gasteiger partial charge >= 0.3 is 11.9 Å². The third kappa shape index (κ3) is 3.67. The van der Waals surface area contributed by atoms with Gasteiger partial charge in [0.1, 0.15) is 0 Å². The number of benzene rings is 1. The third-order valence-corrected chi connectivity index (χ3v) is 3.76. The Hall–Kier alpha value is -2.43. The van der Waals surface area contributed by atoms with Crippen LogP contribution < -0.4 is 0 Å². The highest BCUT2D eigenvalue weighted by molar-refractivity contribution is 6.12. The molecular formula is C18H20O5. The van der Waals surface area contributed by atoms with E-state index in [1.165, 1.54) is 0 Å². The summed E-state index contributed by atoms with van der Waals surface area (Å²) < 4.78 is 10.1. The van der Waals surface area contributed by atoms with Crippen molar-refractivity contribution in [3.05, 3.63) is 47.5 Å². The van der Waals surface area contributed by atoms with Crippen molar-refractivity contribution in [2.24, 2.45) is 11.8 Å². The van der Waals surface area contributed by atoms with Gasteiger partial charge in [-0.15, -0.1) is 0 Å². The smallest absolute Gasteiger partial charge is 0.314 e. The highest BCUT2D eigenvalue weighted by atomic mass is 16.5. The fraction of sp³-hybridized carbons (Fsp3) is 0.389. The third-order valence-electron chi connectivity index (χ3n) is 3.76. The molecule has 0 amide bonds. The highest BCUT2D eigenvalue weighted by Gasteiger charge is 2.44. The minimum absolute atomic E-state index is 0.192. The standard InChI is InChI=1S/C18H20O5/c1-3-22-17(20)14-11-10-13(15(14)18(21)23-4-2)16(19)12-8-6-5-7-9-12/h5-10,14-15H,3-4,11H2,1-2H3/t14-,15+/m0/s1. The normalized spacial score (nSPS) is 19.8. The number of esters is 2. The van der Waals surface area contributed by atoms with Crippen LogP contribution >= 0.6 is 0 Å². The molecule has 0 aromatic heterocycles. The number of ether oxygens (including phenoxy) is 2. The van der Waals surface area contributed by atoms with Crippen LogP contribution in [0, 0.1) is 11.8 Å². The molecule has 0 bridgehead atoms. The maximum atomic E-state index is 12.7. The zero-order valence-corrected chi connectivity index (χ0v) is 13.3. The largest absolute Gasteiger partial charge is 0.466 e. The highest BCUT2D eigenvalue weighted by Crippen LogP contribution is 2.36. The van der Waals surface area contributed by atoms with Gasteiger partial charge in [-0.25, -0.2) is 0 Å². The van der Waals surface area contributed by atoms with E-state index in [1.54, 1.807) is 44.2 Å². The van der Waals surface area contributed by atoms with Gasteiger partial charge in [0.25, 0.3) is 0 Å². The molecule has 0 heterocycles. The summed E-state index contributed by atoms with van der Waals surface area (Å²) in [6.45, 7) is 3.81. The molecule has 2 atom stereocenters. The lowest BCUT2D eigenvalue weighted by atomic mass is 9.87. The number of carbonyl (C=O) groups is 3. The van der Waals surface area contributed by atoms with Crippen molar-refractivity contribution in [1.29, 1.82) is 0 Å². The molecule has 5 heteroatoms.